The summed E-state index contributed by atoms with van der Waals surface area (Å²) in [7, 11) is 0. The maximum absolute atomic E-state index is 6.40. The van der Waals surface area contributed by atoms with Gasteiger partial charge in [-0.15, -0.1) is 0 Å². The molecule has 0 saturated heterocycles. The summed E-state index contributed by atoms with van der Waals surface area (Å²) in [6.45, 7) is 0. The fourth-order valence-electron chi connectivity index (χ4n) is 7.08. The molecule has 0 N–H and O–H groups in total. The first-order chi connectivity index (χ1) is 22.7. The molecule has 0 atom stereocenters. The number of fused-ring (bicyclic) bond motifs is 9. The van der Waals surface area contributed by atoms with E-state index in [2.05, 4.69) is 129 Å². The maximum atomic E-state index is 6.40. The first-order valence-electron chi connectivity index (χ1n) is 15.2. The number of hydrogen-bond acceptors (Lipinski definition) is 3. The van der Waals surface area contributed by atoms with E-state index in [0.29, 0.717) is 16.4 Å². The Bertz CT molecular complexity index is 2830. The fourth-order valence-corrected chi connectivity index (χ4v) is 7.25. The maximum Gasteiger partial charge on any atom is 0.197 e. The normalized spacial score (nSPS) is 12.0. The van der Waals surface area contributed by atoms with Crippen LogP contribution in [0.2, 0.25) is 5.02 Å². The Hall–Kier alpha value is -5.91. The van der Waals surface area contributed by atoms with Gasteiger partial charge >= 0.3 is 0 Å². The van der Waals surface area contributed by atoms with Crippen molar-refractivity contribution >= 4 is 77.3 Å². The van der Waals surface area contributed by atoms with E-state index in [1.165, 1.54) is 21.8 Å². The van der Waals surface area contributed by atoms with Gasteiger partial charge in [-0.1, -0.05) is 84.4 Å². The van der Waals surface area contributed by atoms with Gasteiger partial charge in [0.1, 0.15) is 17.4 Å². The lowest BCUT2D eigenvalue weighted by Gasteiger charge is -2.09. The molecule has 6 heteroatoms. The van der Waals surface area contributed by atoms with Crippen LogP contribution in [0.25, 0.3) is 88.3 Å². The van der Waals surface area contributed by atoms with Crippen molar-refractivity contribution in [3.05, 3.63) is 145 Å². The molecule has 0 aliphatic carbocycles. The van der Waals surface area contributed by atoms with Gasteiger partial charge in [0.25, 0.3) is 0 Å². The minimum absolute atomic E-state index is 0.628. The SMILES string of the molecule is Clc1ccc2oc3c(-n4c5ccccc5c5ccc(-c6ccc7c(c6)c6ccccc6n7-c6ccccc6)cc54)ncnc3c2c1. The van der Waals surface area contributed by atoms with Crippen LogP contribution in [-0.2, 0) is 0 Å². The van der Waals surface area contributed by atoms with E-state index in [1.54, 1.807) is 6.33 Å². The Kier molecular flexibility index (Phi) is 5.27. The summed E-state index contributed by atoms with van der Waals surface area (Å²) in [5.74, 6) is 0.696. The van der Waals surface area contributed by atoms with E-state index in [1.807, 2.05) is 18.2 Å². The van der Waals surface area contributed by atoms with Crippen LogP contribution >= 0.6 is 11.6 Å². The van der Waals surface area contributed by atoms with E-state index >= 15 is 0 Å². The Labute approximate surface area is 267 Å². The zero-order valence-corrected chi connectivity index (χ0v) is 25.1. The molecule has 0 bridgehead atoms. The molecule has 216 valence electrons. The van der Waals surface area contributed by atoms with Crippen LogP contribution in [0.15, 0.2) is 144 Å². The number of nitrogens with zero attached hydrogens (tertiary/aromatic N) is 4. The van der Waals surface area contributed by atoms with E-state index in [4.69, 9.17) is 21.0 Å². The quantitative estimate of drug-likeness (QED) is 0.200. The second-order valence-corrected chi connectivity index (χ2v) is 12.1. The molecule has 0 spiro atoms. The zero-order valence-electron chi connectivity index (χ0n) is 24.4. The molecular weight excluding hydrogens is 588 g/mol. The largest absolute Gasteiger partial charge is 0.450 e. The molecule has 10 aromatic rings. The zero-order chi connectivity index (χ0) is 30.4. The predicted octanol–water partition coefficient (Wildman–Crippen LogP) is 10.9. The third-order valence-electron chi connectivity index (χ3n) is 9.10. The van der Waals surface area contributed by atoms with Gasteiger partial charge < -0.3 is 8.98 Å². The second-order valence-electron chi connectivity index (χ2n) is 11.6. The van der Waals surface area contributed by atoms with Crippen LogP contribution in [0.3, 0.4) is 0 Å². The average Bonchev–Trinajstić information content (AvgIpc) is 3.75. The number of furan rings is 1. The van der Waals surface area contributed by atoms with Gasteiger partial charge in [0.05, 0.1) is 22.1 Å². The van der Waals surface area contributed by atoms with Crippen molar-refractivity contribution in [2.24, 2.45) is 0 Å². The van der Waals surface area contributed by atoms with Gasteiger partial charge in [-0.05, 0) is 71.8 Å². The fraction of sp³-hybridized carbons (Fsp3) is 0. The minimum atomic E-state index is 0.628. The third-order valence-corrected chi connectivity index (χ3v) is 9.33. The van der Waals surface area contributed by atoms with Crippen molar-refractivity contribution in [1.29, 1.82) is 0 Å². The van der Waals surface area contributed by atoms with Crippen LogP contribution in [0.5, 0.6) is 0 Å². The number of hydrogen-bond donors (Lipinski definition) is 0. The smallest absolute Gasteiger partial charge is 0.197 e. The van der Waals surface area contributed by atoms with Crippen LogP contribution in [0, 0.1) is 0 Å². The highest BCUT2D eigenvalue weighted by Gasteiger charge is 2.20. The topological polar surface area (TPSA) is 48.8 Å². The first-order valence-corrected chi connectivity index (χ1v) is 15.6. The van der Waals surface area contributed by atoms with E-state index in [0.717, 1.165) is 55.1 Å². The molecule has 0 aliphatic rings. The molecule has 4 aromatic heterocycles. The molecule has 0 radical (unpaired) electrons. The Morgan fingerprint density at radius 3 is 2.02 bits per heavy atom. The highest BCUT2D eigenvalue weighted by Crippen LogP contribution is 2.40. The summed E-state index contributed by atoms with van der Waals surface area (Å²) < 4.78 is 10.9. The minimum Gasteiger partial charge on any atom is -0.450 e. The summed E-state index contributed by atoms with van der Waals surface area (Å²) in [5, 5.41) is 6.25. The van der Waals surface area contributed by atoms with Crippen LogP contribution in [0.4, 0.5) is 0 Å². The van der Waals surface area contributed by atoms with Gasteiger partial charge in [-0.25, -0.2) is 9.97 Å². The Morgan fingerprint density at radius 1 is 0.500 bits per heavy atom. The number of benzene rings is 6. The van der Waals surface area contributed by atoms with Gasteiger partial charge in [-0.3, -0.25) is 4.57 Å². The van der Waals surface area contributed by atoms with Gasteiger partial charge in [0.15, 0.2) is 11.4 Å². The van der Waals surface area contributed by atoms with Crippen LogP contribution in [0.1, 0.15) is 0 Å². The van der Waals surface area contributed by atoms with Crippen molar-refractivity contribution in [3.8, 4) is 22.6 Å². The lowest BCUT2D eigenvalue weighted by molar-refractivity contribution is 0.662. The first kappa shape index (κ1) is 25.4. The summed E-state index contributed by atoms with van der Waals surface area (Å²) >= 11 is 6.36. The molecule has 5 nitrogen and oxygen atoms in total. The number of para-hydroxylation sites is 3. The Morgan fingerprint density at radius 2 is 1.17 bits per heavy atom. The Balaban J connectivity index is 1.23. The predicted molar refractivity (Wildman–Crippen MR) is 188 cm³/mol. The van der Waals surface area contributed by atoms with E-state index < -0.39 is 0 Å². The molecular formula is C40H23ClN4O. The van der Waals surface area contributed by atoms with Gasteiger partial charge in [0.2, 0.25) is 0 Å². The van der Waals surface area contributed by atoms with Gasteiger partial charge in [0, 0.05) is 37.6 Å². The summed E-state index contributed by atoms with van der Waals surface area (Å²) in [6.07, 6.45) is 1.61. The molecule has 0 amide bonds. The van der Waals surface area contributed by atoms with E-state index in [-0.39, 0.29) is 0 Å². The molecule has 6 aromatic carbocycles. The average molecular weight is 611 g/mol. The van der Waals surface area contributed by atoms with Crippen LogP contribution in [-0.4, -0.2) is 19.1 Å². The highest BCUT2D eigenvalue weighted by atomic mass is 35.5. The van der Waals surface area contributed by atoms with Crippen molar-refractivity contribution in [3.63, 3.8) is 0 Å². The third kappa shape index (κ3) is 3.57. The molecule has 46 heavy (non-hydrogen) atoms. The number of aromatic nitrogens is 4. The summed E-state index contributed by atoms with van der Waals surface area (Å²) in [4.78, 5) is 9.40. The monoisotopic (exact) mass is 610 g/mol. The molecule has 10 rings (SSSR count). The van der Waals surface area contributed by atoms with E-state index in [9.17, 15) is 0 Å². The van der Waals surface area contributed by atoms with Crippen LogP contribution < -0.4 is 0 Å². The molecule has 0 fully saturated rings. The lowest BCUT2D eigenvalue weighted by atomic mass is 10.0. The number of halogens is 1. The standard InChI is InChI=1S/C40H23ClN4O/c41-26-16-19-37-32(22-26)38-39(46-37)40(43-23-42-38)45-34-13-7-4-10-28(34)30-17-14-25(21-36(30)45)24-15-18-35-31(20-24)29-11-5-6-12-33(29)44(35)27-8-2-1-3-9-27/h1-23H. The lowest BCUT2D eigenvalue weighted by Crippen LogP contribution is -1.98. The van der Waals surface area contributed by atoms with Gasteiger partial charge in [-0.2, -0.15) is 0 Å². The van der Waals surface area contributed by atoms with Crippen molar-refractivity contribution in [2.45, 2.75) is 0 Å². The molecule has 0 aliphatic heterocycles. The highest BCUT2D eigenvalue weighted by molar-refractivity contribution is 6.31. The summed E-state index contributed by atoms with van der Waals surface area (Å²) in [5.41, 5.74) is 9.98. The molecule has 4 heterocycles. The van der Waals surface area contributed by atoms with Crippen molar-refractivity contribution in [1.82, 2.24) is 19.1 Å². The van der Waals surface area contributed by atoms with Crippen molar-refractivity contribution in [2.75, 3.05) is 0 Å². The number of rotatable bonds is 3. The molecule has 0 saturated carbocycles. The second kappa shape index (κ2) is 9.54. The summed E-state index contributed by atoms with van der Waals surface area (Å²) in [6, 6.07) is 46.7. The molecule has 0 unspecified atom stereocenters. The van der Waals surface area contributed by atoms with Crippen molar-refractivity contribution < 1.29 is 4.42 Å².